The summed E-state index contributed by atoms with van der Waals surface area (Å²) in [6, 6.07) is 0. The summed E-state index contributed by atoms with van der Waals surface area (Å²) in [6.45, 7) is 6.44. The molecule has 0 spiro atoms. The second kappa shape index (κ2) is 4.77. The molecule has 17 heavy (non-hydrogen) atoms. The molecule has 0 bridgehead atoms. The predicted molar refractivity (Wildman–Crippen MR) is 70.1 cm³/mol. The van der Waals surface area contributed by atoms with E-state index in [9.17, 15) is 4.79 Å². The highest BCUT2D eigenvalue weighted by Gasteiger charge is 2.38. The number of carbonyl (C=O) groups is 1. The van der Waals surface area contributed by atoms with Gasteiger partial charge in [0, 0.05) is 23.8 Å². The van der Waals surface area contributed by atoms with E-state index in [-0.39, 0.29) is 11.4 Å². The standard InChI is InChI=1S/C13H20N2OS/c1-9(2)6-13(5-4-12(16)15-13)7-11-8-17-10(3)14-11/h8-9H,4-7H2,1-3H3,(H,15,16). The summed E-state index contributed by atoms with van der Waals surface area (Å²) in [4.78, 5) is 16.0. The molecular weight excluding hydrogens is 232 g/mol. The Kier molecular flexibility index (Phi) is 3.52. The number of aryl methyl sites for hydroxylation is 1. The van der Waals surface area contributed by atoms with Crippen molar-refractivity contribution < 1.29 is 4.79 Å². The normalized spacial score (nSPS) is 24.4. The number of amides is 1. The Balaban J connectivity index is 2.13. The minimum absolute atomic E-state index is 0.0498. The third-order valence-corrected chi connectivity index (χ3v) is 4.04. The molecular formula is C13H20N2OS. The van der Waals surface area contributed by atoms with Gasteiger partial charge in [0.25, 0.3) is 0 Å². The van der Waals surface area contributed by atoms with Crippen LogP contribution in [0.4, 0.5) is 0 Å². The van der Waals surface area contributed by atoms with Gasteiger partial charge in [-0.2, -0.15) is 0 Å². The molecule has 1 amide bonds. The molecule has 2 heterocycles. The molecule has 1 atom stereocenters. The van der Waals surface area contributed by atoms with Gasteiger partial charge in [-0.1, -0.05) is 13.8 Å². The zero-order valence-corrected chi connectivity index (χ0v) is 11.6. The lowest BCUT2D eigenvalue weighted by Gasteiger charge is -2.30. The molecule has 3 nitrogen and oxygen atoms in total. The Morgan fingerprint density at radius 2 is 2.35 bits per heavy atom. The van der Waals surface area contributed by atoms with Gasteiger partial charge in [0.1, 0.15) is 0 Å². The van der Waals surface area contributed by atoms with Gasteiger partial charge in [0.15, 0.2) is 0 Å². The molecule has 0 saturated carbocycles. The van der Waals surface area contributed by atoms with Crippen molar-refractivity contribution in [2.24, 2.45) is 5.92 Å². The van der Waals surface area contributed by atoms with Crippen LogP contribution in [0.3, 0.4) is 0 Å². The van der Waals surface area contributed by atoms with Crippen LogP contribution in [0.2, 0.25) is 0 Å². The molecule has 1 saturated heterocycles. The quantitative estimate of drug-likeness (QED) is 0.895. The third kappa shape index (κ3) is 3.06. The molecule has 4 heteroatoms. The predicted octanol–water partition coefficient (Wildman–Crippen LogP) is 2.69. The van der Waals surface area contributed by atoms with Crippen LogP contribution in [0, 0.1) is 12.8 Å². The first kappa shape index (κ1) is 12.6. The summed E-state index contributed by atoms with van der Waals surface area (Å²) in [7, 11) is 0. The molecule has 1 fully saturated rings. The molecule has 0 aromatic carbocycles. The van der Waals surface area contributed by atoms with E-state index < -0.39 is 0 Å². The second-order valence-corrected chi connectivity index (χ2v) is 6.52. The van der Waals surface area contributed by atoms with Crippen molar-refractivity contribution >= 4 is 17.2 Å². The highest BCUT2D eigenvalue weighted by atomic mass is 32.1. The smallest absolute Gasteiger partial charge is 0.220 e. The maximum Gasteiger partial charge on any atom is 0.220 e. The molecule has 94 valence electrons. The lowest BCUT2D eigenvalue weighted by molar-refractivity contribution is -0.119. The van der Waals surface area contributed by atoms with Gasteiger partial charge in [-0.25, -0.2) is 4.98 Å². The molecule has 1 aliphatic heterocycles. The number of nitrogens with zero attached hydrogens (tertiary/aromatic N) is 1. The van der Waals surface area contributed by atoms with Gasteiger partial charge in [-0.05, 0) is 25.7 Å². The summed E-state index contributed by atoms with van der Waals surface area (Å²) in [5.74, 6) is 0.783. The van der Waals surface area contributed by atoms with E-state index in [0.717, 1.165) is 30.0 Å². The number of nitrogens with one attached hydrogen (secondary N) is 1. The van der Waals surface area contributed by atoms with Crippen LogP contribution in [0.5, 0.6) is 0 Å². The van der Waals surface area contributed by atoms with E-state index in [1.54, 1.807) is 11.3 Å². The van der Waals surface area contributed by atoms with Gasteiger partial charge < -0.3 is 5.32 Å². The first-order chi connectivity index (χ1) is 7.99. The summed E-state index contributed by atoms with van der Waals surface area (Å²) in [5, 5.41) is 6.40. The number of carbonyl (C=O) groups excluding carboxylic acids is 1. The average molecular weight is 252 g/mol. The average Bonchev–Trinajstić information content (AvgIpc) is 2.74. The molecule has 2 rings (SSSR count). The van der Waals surface area contributed by atoms with Crippen molar-refractivity contribution in [1.29, 1.82) is 0 Å². The first-order valence-corrected chi connectivity index (χ1v) is 7.09. The maximum atomic E-state index is 11.5. The van der Waals surface area contributed by atoms with Crippen LogP contribution in [-0.2, 0) is 11.2 Å². The van der Waals surface area contributed by atoms with Gasteiger partial charge in [-0.15, -0.1) is 11.3 Å². The lowest BCUT2D eigenvalue weighted by Crippen LogP contribution is -2.44. The fourth-order valence-electron chi connectivity index (χ4n) is 2.75. The number of hydrogen-bond acceptors (Lipinski definition) is 3. The topological polar surface area (TPSA) is 42.0 Å². The fourth-order valence-corrected chi connectivity index (χ4v) is 3.36. The number of hydrogen-bond donors (Lipinski definition) is 1. The summed E-state index contributed by atoms with van der Waals surface area (Å²) in [6.07, 6.45) is 3.52. The fraction of sp³-hybridized carbons (Fsp3) is 0.692. The molecule has 1 N–H and O–H groups in total. The second-order valence-electron chi connectivity index (χ2n) is 5.46. The zero-order chi connectivity index (χ0) is 12.5. The molecule has 0 radical (unpaired) electrons. The van der Waals surface area contributed by atoms with E-state index in [1.165, 1.54) is 0 Å². The van der Waals surface area contributed by atoms with Gasteiger partial charge in [0.05, 0.1) is 10.7 Å². The van der Waals surface area contributed by atoms with Crippen molar-refractivity contribution in [3.63, 3.8) is 0 Å². The Hall–Kier alpha value is -0.900. The molecule has 1 aromatic rings. The third-order valence-electron chi connectivity index (χ3n) is 3.22. The summed E-state index contributed by atoms with van der Waals surface area (Å²) < 4.78 is 0. The molecule has 1 unspecified atom stereocenters. The SMILES string of the molecule is Cc1nc(CC2(CC(C)C)CCC(=O)N2)cs1. The molecule has 0 aliphatic carbocycles. The largest absolute Gasteiger partial charge is 0.350 e. The molecule has 1 aromatic heterocycles. The highest BCUT2D eigenvalue weighted by Crippen LogP contribution is 2.31. The first-order valence-electron chi connectivity index (χ1n) is 6.21. The number of rotatable bonds is 4. The van der Waals surface area contributed by atoms with Gasteiger partial charge >= 0.3 is 0 Å². The number of thiazole rings is 1. The molecule has 1 aliphatic rings. The van der Waals surface area contributed by atoms with Crippen molar-refractivity contribution in [2.45, 2.75) is 52.0 Å². The lowest BCUT2D eigenvalue weighted by atomic mass is 9.84. The highest BCUT2D eigenvalue weighted by molar-refractivity contribution is 7.09. The van der Waals surface area contributed by atoms with Crippen molar-refractivity contribution in [2.75, 3.05) is 0 Å². The van der Waals surface area contributed by atoms with Gasteiger partial charge in [-0.3, -0.25) is 4.79 Å². The van der Waals surface area contributed by atoms with Crippen molar-refractivity contribution in [3.05, 3.63) is 16.1 Å². The summed E-state index contributed by atoms with van der Waals surface area (Å²) >= 11 is 1.68. The Labute approximate surface area is 107 Å². The Morgan fingerprint density at radius 3 is 2.82 bits per heavy atom. The van der Waals surface area contributed by atoms with E-state index in [0.29, 0.717) is 12.3 Å². The van der Waals surface area contributed by atoms with E-state index in [4.69, 9.17) is 0 Å². The minimum Gasteiger partial charge on any atom is -0.350 e. The Morgan fingerprint density at radius 1 is 1.59 bits per heavy atom. The van der Waals surface area contributed by atoms with Gasteiger partial charge in [0.2, 0.25) is 5.91 Å². The van der Waals surface area contributed by atoms with E-state index >= 15 is 0 Å². The minimum atomic E-state index is -0.0498. The van der Waals surface area contributed by atoms with Crippen LogP contribution in [0.15, 0.2) is 5.38 Å². The summed E-state index contributed by atoms with van der Waals surface area (Å²) in [5.41, 5.74) is 1.07. The van der Waals surface area contributed by atoms with Crippen molar-refractivity contribution in [1.82, 2.24) is 10.3 Å². The number of aromatic nitrogens is 1. The van der Waals surface area contributed by atoms with Crippen LogP contribution in [0.1, 0.15) is 43.8 Å². The zero-order valence-electron chi connectivity index (χ0n) is 10.7. The van der Waals surface area contributed by atoms with Crippen LogP contribution < -0.4 is 5.32 Å². The van der Waals surface area contributed by atoms with E-state index in [1.807, 2.05) is 6.92 Å². The Bertz CT molecular complexity index is 413. The van der Waals surface area contributed by atoms with Crippen LogP contribution in [-0.4, -0.2) is 16.4 Å². The van der Waals surface area contributed by atoms with E-state index in [2.05, 4.69) is 29.5 Å². The van der Waals surface area contributed by atoms with Crippen molar-refractivity contribution in [3.8, 4) is 0 Å². The van der Waals surface area contributed by atoms with Crippen LogP contribution >= 0.6 is 11.3 Å². The maximum absolute atomic E-state index is 11.5. The monoisotopic (exact) mass is 252 g/mol. The van der Waals surface area contributed by atoms with Crippen LogP contribution in [0.25, 0.3) is 0 Å².